The largest absolute Gasteiger partial charge is 0.489 e. The third-order valence-corrected chi connectivity index (χ3v) is 4.62. The molecule has 4 aromatic rings. The molecule has 0 atom stereocenters. The van der Waals surface area contributed by atoms with Gasteiger partial charge in [0.1, 0.15) is 24.8 Å². The maximum absolute atomic E-state index is 13.7. The molecule has 32 heavy (non-hydrogen) atoms. The first-order valence-electron chi connectivity index (χ1n) is 9.65. The van der Waals surface area contributed by atoms with Crippen molar-refractivity contribution in [3.63, 3.8) is 0 Å². The number of rotatable bonds is 8. The minimum Gasteiger partial charge on any atom is -0.489 e. The van der Waals surface area contributed by atoms with Crippen LogP contribution in [0.15, 0.2) is 60.7 Å². The molecular formula is C23H18F3N3O3. The Kier molecular flexibility index (Phi) is 6.37. The molecule has 1 amide bonds. The zero-order valence-electron chi connectivity index (χ0n) is 16.7. The second kappa shape index (κ2) is 9.52. The van der Waals surface area contributed by atoms with Gasteiger partial charge in [-0.15, -0.1) is 0 Å². The Hall–Kier alpha value is -3.85. The third kappa shape index (κ3) is 5.06. The summed E-state index contributed by atoms with van der Waals surface area (Å²) in [5.41, 5.74) is 1.41. The summed E-state index contributed by atoms with van der Waals surface area (Å²) in [6, 6.07) is 15.6. The van der Waals surface area contributed by atoms with Crippen molar-refractivity contribution in [2.24, 2.45) is 0 Å². The van der Waals surface area contributed by atoms with E-state index < -0.39 is 17.5 Å². The molecule has 164 valence electrons. The van der Waals surface area contributed by atoms with Crippen molar-refractivity contribution < 1.29 is 27.4 Å². The van der Waals surface area contributed by atoms with E-state index in [-0.39, 0.29) is 24.7 Å². The molecule has 0 aliphatic rings. The fourth-order valence-corrected chi connectivity index (χ4v) is 3.02. The number of hydrogen-bond donors (Lipinski definition) is 2. The predicted molar refractivity (Wildman–Crippen MR) is 111 cm³/mol. The number of halogens is 3. The van der Waals surface area contributed by atoms with Gasteiger partial charge >= 0.3 is 0 Å². The molecule has 1 aromatic heterocycles. The van der Waals surface area contributed by atoms with Crippen LogP contribution in [0.4, 0.5) is 19.0 Å². The van der Waals surface area contributed by atoms with E-state index in [1.54, 1.807) is 18.2 Å². The normalized spacial score (nSPS) is 11.0. The molecule has 9 heteroatoms. The van der Waals surface area contributed by atoms with Crippen molar-refractivity contribution in [3.8, 4) is 5.75 Å². The summed E-state index contributed by atoms with van der Waals surface area (Å²) in [6.45, 7) is -0.107. The Labute approximate surface area is 181 Å². The summed E-state index contributed by atoms with van der Waals surface area (Å²) in [7, 11) is 0. The highest BCUT2D eigenvalue weighted by Gasteiger charge is 2.13. The van der Waals surface area contributed by atoms with E-state index in [9.17, 15) is 18.0 Å². The average molecular weight is 441 g/mol. The molecule has 6 nitrogen and oxygen atoms in total. The number of hydrogen-bond acceptors (Lipinski definition) is 4. The number of H-pyrrole nitrogens is 1. The monoisotopic (exact) mass is 441 g/mol. The summed E-state index contributed by atoms with van der Waals surface area (Å²) in [6.07, 6.45) is 0. The van der Waals surface area contributed by atoms with Crippen LogP contribution < -0.4 is 10.1 Å². The molecule has 1 heterocycles. The Balaban J connectivity index is 1.35. The number of carbonyl (C=O) groups is 1. The van der Waals surface area contributed by atoms with Gasteiger partial charge in [0.25, 0.3) is 5.91 Å². The van der Waals surface area contributed by atoms with Crippen molar-refractivity contribution in [1.82, 2.24) is 10.2 Å². The highest BCUT2D eigenvalue weighted by Crippen LogP contribution is 2.26. The van der Waals surface area contributed by atoms with E-state index in [0.29, 0.717) is 35.1 Å². The number of aromatic nitrogens is 2. The molecule has 0 saturated carbocycles. The smallest absolute Gasteiger partial charge is 0.251 e. The molecule has 2 N–H and O–H groups in total. The predicted octanol–water partition coefficient (Wildman–Crippen LogP) is 4.71. The van der Waals surface area contributed by atoms with Crippen molar-refractivity contribution in [1.29, 1.82) is 0 Å². The zero-order valence-corrected chi connectivity index (χ0v) is 16.7. The number of ether oxygens (including phenoxy) is 2. The molecule has 0 fully saturated rings. The number of nitrogens with one attached hydrogen (secondary N) is 2. The maximum Gasteiger partial charge on any atom is 0.251 e. The molecule has 0 aliphatic carbocycles. The SMILES string of the molecule is O=C(COCc1ccccc1)Nc1n[nH]c2cc(OCc3cc(F)c(F)cc3F)ccc12. The minimum absolute atomic E-state index is 0.114. The van der Waals surface area contributed by atoms with Gasteiger partial charge in [0.2, 0.25) is 0 Å². The second-order valence-corrected chi connectivity index (χ2v) is 6.95. The first-order chi connectivity index (χ1) is 15.5. The van der Waals surface area contributed by atoms with Gasteiger partial charge in [0.15, 0.2) is 17.5 Å². The fraction of sp³-hybridized carbons (Fsp3) is 0.130. The average Bonchev–Trinajstić information content (AvgIpc) is 3.18. The topological polar surface area (TPSA) is 76.2 Å². The summed E-state index contributed by atoms with van der Waals surface area (Å²) < 4.78 is 51.0. The standard InChI is InChI=1S/C23H18F3N3O3/c24-18-10-20(26)19(25)8-15(18)12-32-16-6-7-17-21(9-16)28-29-23(17)27-22(30)13-31-11-14-4-2-1-3-5-14/h1-10H,11-13H2,(H2,27,28,29,30). The van der Waals surface area contributed by atoms with E-state index in [1.165, 1.54) is 0 Å². The molecule has 4 rings (SSSR count). The Morgan fingerprint density at radius 1 is 0.938 bits per heavy atom. The lowest BCUT2D eigenvalue weighted by Crippen LogP contribution is -2.18. The lowest BCUT2D eigenvalue weighted by Gasteiger charge is -2.08. The van der Waals surface area contributed by atoms with Crippen LogP contribution in [0.2, 0.25) is 0 Å². The lowest BCUT2D eigenvalue weighted by molar-refractivity contribution is -0.121. The van der Waals surface area contributed by atoms with Gasteiger partial charge in [-0.3, -0.25) is 9.89 Å². The van der Waals surface area contributed by atoms with Crippen molar-refractivity contribution in [3.05, 3.63) is 89.2 Å². The number of aromatic amines is 1. The molecule has 0 radical (unpaired) electrons. The van der Waals surface area contributed by atoms with Gasteiger partial charge in [-0.25, -0.2) is 13.2 Å². The van der Waals surface area contributed by atoms with Gasteiger partial charge in [0, 0.05) is 23.1 Å². The van der Waals surface area contributed by atoms with E-state index in [0.717, 1.165) is 11.6 Å². The summed E-state index contributed by atoms with van der Waals surface area (Å²) in [5.74, 6) is -2.98. The van der Waals surface area contributed by atoms with Crippen LogP contribution in [0, 0.1) is 17.5 Å². The summed E-state index contributed by atoms with van der Waals surface area (Å²) >= 11 is 0. The molecule has 3 aromatic carbocycles. The highest BCUT2D eigenvalue weighted by molar-refractivity contribution is 6.00. The van der Waals surface area contributed by atoms with Crippen LogP contribution in [-0.2, 0) is 22.7 Å². The van der Waals surface area contributed by atoms with Crippen molar-refractivity contribution >= 4 is 22.6 Å². The fourth-order valence-electron chi connectivity index (χ4n) is 3.02. The zero-order chi connectivity index (χ0) is 22.5. The molecule has 0 aliphatic heterocycles. The number of anilines is 1. The quantitative estimate of drug-likeness (QED) is 0.388. The number of fused-ring (bicyclic) bond motifs is 1. The first kappa shape index (κ1) is 21.4. The van der Waals surface area contributed by atoms with Crippen LogP contribution in [0.5, 0.6) is 5.75 Å². The van der Waals surface area contributed by atoms with E-state index >= 15 is 0 Å². The van der Waals surface area contributed by atoms with Crippen LogP contribution >= 0.6 is 0 Å². The van der Waals surface area contributed by atoms with Gasteiger partial charge in [-0.1, -0.05) is 30.3 Å². The minimum atomic E-state index is -1.26. The second-order valence-electron chi connectivity index (χ2n) is 6.95. The molecule has 0 saturated heterocycles. The van der Waals surface area contributed by atoms with E-state index in [2.05, 4.69) is 15.5 Å². The van der Waals surface area contributed by atoms with Gasteiger partial charge in [-0.05, 0) is 23.8 Å². The van der Waals surface area contributed by atoms with E-state index in [4.69, 9.17) is 9.47 Å². The molecular weight excluding hydrogens is 423 g/mol. The van der Waals surface area contributed by atoms with Crippen molar-refractivity contribution in [2.75, 3.05) is 11.9 Å². The molecule has 0 bridgehead atoms. The number of amides is 1. The summed E-state index contributed by atoms with van der Waals surface area (Å²) in [5, 5.41) is 10.2. The molecule has 0 unspecified atom stereocenters. The van der Waals surface area contributed by atoms with Gasteiger partial charge < -0.3 is 14.8 Å². The van der Waals surface area contributed by atoms with Crippen LogP contribution in [-0.4, -0.2) is 22.7 Å². The first-order valence-corrected chi connectivity index (χ1v) is 9.65. The third-order valence-electron chi connectivity index (χ3n) is 4.62. The van der Waals surface area contributed by atoms with Crippen LogP contribution in [0.3, 0.4) is 0 Å². The Bertz CT molecular complexity index is 1250. The highest BCUT2D eigenvalue weighted by atomic mass is 19.2. The van der Waals surface area contributed by atoms with Gasteiger partial charge in [0.05, 0.1) is 12.1 Å². The maximum atomic E-state index is 13.7. The van der Waals surface area contributed by atoms with Crippen LogP contribution in [0.1, 0.15) is 11.1 Å². The summed E-state index contributed by atoms with van der Waals surface area (Å²) in [4.78, 5) is 12.1. The Morgan fingerprint density at radius 2 is 1.72 bits per heavy atom. The van der Waals surface area contributed by atoms with E-state index in [1.807, 2.05) is 30.3 Å². The van der Waals surface area contributed by atoms with Crippen LogP contribution in [0.25, 0.3) is 10.9 Å². The number of carbonyl (C=O) groups excluding carboxylic acids is 1. The Morgan fingerprint density at radius 3 is 2.53 bits per heavy atom. The van der Waals surface area contributed by atoms with Crippen molar-refractivity contribution in [2.45, 2.75) is 13.2 Å². The number of nitrogens with zero attached hydrogens (tertiary/aromatic N) is 1. The number of benzene rings is 3. The van der Waals surface area contributed by atoms with Gasteiger partial charge in [-0.2, -0.15) is 5.10 Å². The molecule has 0 spiro atoms. The lowest BCUT2D eigenvalue weighted by atomic mass is 10.2.